The molecule has 0 fully saturated rings. The molecule has 0 radical (unpaired) electrons. The smallest absolute Gasteiger partial charge is 0.447 e. The van der Waals surface area contributed by atoms with Crippen molar-refractivity contribution in [1.29, 1.82) is 0 Å². The average Bonchev–Trinajstić information content (AvgIpc) is 2.18. The zero-order valence-electron chi connectivity index (χ0n) is 8.31. The third-order valence-corrected chi connectivity index (χ3v) is 2.77. The average molecular weight is 249 g/mol. The fourth-order valence-corrected chi connectivity index (χ4v) is 1.62. The summed E-state index contributed by atoms with van der Waals surface area (Å²) >= 11 is 5.42. The van der Waals surface area contributed by atoms with E-state index in [9.17, 15) is 13.2 Å². The molecule has 1 aromatic carbocycles. The van der Waals surface area contributed by atoms with Crippen LogP contribution in [-0.4, -0.2) is 11.2 Å². The molecular formula is C11H8ClF3O. The zero-order chi connectivity index (χ0) is 12.0. The quantitative estimate of drug-likeness (QED) is 0.633. The van der Waals surface area contributed by atoms with Crippen molar-refractivity contribution in [2.45, 2.75) is 18.2 Å². The number of ether oxygens (including phenoxy) is 1. The number of para-hydroxylation sites is 1. The van der Waals surface area contributed by atoms with Crippen molar-refractivity contribution in [3.05, 3.63) is 35.4 Å². The monoisotopic (exact) mass is 248 g/mol. The van der Waals surface area contributed by atoms with Crippen LogP contribution in [0.4, 0.5) is 13.2 Å². The maximum atomic E-state index is 12.6. The number of fused-ring (bicyclic) bond motifs is 1. The molecule has 0 amide bonds. The third-order valence-electron chi connectivity index (χ3n) is 2.36. The predicted octanol–water partition coefficient (Wildman–Crippen LogP) is 3.90. The Morgan fingerprint density at radius 2 is 2.00 bits per heavy atom. The number of halogens is 4. The lowest BCUT2D eigenvalue weighted by atomic mass is 10.1. The highest BCUT2D eigenvalue weighted by molar-refractivity contribution is 6.25. The zero-order valence-corrected chi connectivity index (χ0v) is 9.06. The summed E-state index contributed by atoms with van der Waals surface area (Å²) in [6.45, 7) is 1.67. The van der Waals surface area contributed by atoms with Gasteiger partial charge in [0.25, 0.3) is 5.06 Å². The van der Waals surface area contributed by atoms with Gasteiger partial charge in [0.05, 0.1) is 0 Å². The molecule has 0 bridgehead atoms. The van der Waals surface area contributed by atoms with E-state index in [-0.39, 0.29) is 5.75 Å². The Balaban J connectivity index is 2.48. The van der Waals surface area contributed by atoms with Gasteiger partial charge in [0, 0.05) is 5.56 Å². The molecular weight excluding hydrogens is 241 g/mol. The molecule has 0 spiro atoms. The standard InChI is InChI=1S/C11H8ClF3O/c1-7-3-2-4-8-5-6-10(12,11(13,14)15)16-9(7)8/h2-6H,1H3. The van der Waals surface area contributed by atoms with Gasteiger partial charge in [-0.2, -0.15) is 13.2 Å². The molecule has 0 aliphatic carbocycles. The van der Waals surface area contributed by atoms with Gasteiger partial charge in [0.15, 0.2) is 0 Å². The van der Waals surface area contributed by atoms with Crippen molar-refractivity contribution >= 4 is 17.7 Å². The number of alkyl halides is 4. The Kier molecular flexibility index (Phi) is 2.42. The SMILES string of the molecule is Cc1cccc2c1OC(Cl)(C(F)(F)F)C=C2. The highest BCUT2D eigenvalue weighted by Gasteiger charge is 2.56. The van der Waals surface area contributed by atoms with E-state index in [0.717, 1.165) is 6.08 Å². The van der Waals surface area contributed by atoms with Crippen LogP contribution in [0, 0.1) is 6.92 Å². The largest absolute Gasteiger partial charge is 0.458 e. The lowest BCUT2D eigenvalue weighted by Crippen LogP contribution is -2.44. The van der Waals surface area contributed by atoms with Crippen molar-refractivity contribution < 1.29 is 17.9 Å². The van der Waals surface area contributed by atoms with E-state index in [1.54, 1.807) is 25.1 Å². The van der Waals surface area contributed by atoms with E-state index >= 15 is 0 Å². The van der Waals surface area contributed by atoms with Gasteiger partial charge in [-0.25, -0.2) is 0 Å². The van der Waals surface area contributed by atoms with Crippen LogP contribution in [0.3, 0.4) is 0 Å². The van der Waals surface area contributed by atoms with Crippen LogP contribution < -0.4 is 4.74 Å². The number of aryl methyl sites for hydroxylation is 1. The topological polar surface area (TPSA) is 9.23 Å². The second kappa shape index (κ2) is 3.42. The first kappa shape index (κ1) is 11.3. The molecule has 16 heavy (non-hydrogen) atoms. The molecule has 1 aromatic rings. The number of benzene rings is 1. The van der Waals surface area contributed by atoms with Gasteiger partial charge in [-0.05, 0) is 24.6 Å². The minimum Gasteiger partial charge on any atom is -0.458 e. The summed E-state index contributed by atoms with van der Waals surface area (Å²) in [5.41, 5.74) is 1.22. The second-order valence-electron chi connectivity index (χ2n) is 3.57. The fraction of sp³-hybridized carbons (Fsp3) is 0.273. The first-order chi connectivity index (χ1) is 7.33. The highest BCUT2D eigenvalue weighted by atomic mass is 35.5. The van der Waals surface area contributed by atoms with E-state index < -0.39 is 11.2 Å². The van der Waals surface area contributed by atoms with Gasteiger partial charge in [-0.1, -0.05) is 29.8 Å². The molecule has 1 heterocycles. The van der Waals surface area contributed by atoms with Crippen molar-refractivity contribution in [1.82, 2.24) is 0 Å². The molecule has 0 aromatic heterocycles. The van der Waals surface area contributed by atoms with Gasteiger partial charge in [0.2, 0.25) is 0 Å². The molecule has 1 nitrogen and oxygen atoms in total. The Morgan fingerprint density at radius 1 is 1.31 bits per heavy atom. The lowest BCUT2D eigenvalue weighted by molar-refractivity contribution is -0.197. The van der Waals surface area contributed by atoms with E-state index in [1.807, 2.05) is 0 Å². The Hall–Kier alpha value is -1.16. The van der Waals surface area contributed by atoms with Crippen molar-refractivity contribution in [2.75, 3.05) is 0 Å². The summed E-state index contributed by atoms with van der Waals surface area (Å²) in [7, 11) is 0. The minimum atomic E-state index is -4.65. The normalized spacial score (nSPS) is 23.8. The molecule has 2 rings (SSSR count). The fourth-order valence-electron chi connectivity index (χ4n) is 1.48. The van der Waals surface area contributed by atoms with Gasteiger partial charge in [-0.3, -0.25) is 0 Å². The molecule has 0 saturated heterocycles. The maximum absolute atomic E-state index is 12.6. The van der Waals surface area contributed by atoms with Crippen LogP contribution in [0.15, 0.2) is 24.3 Å². The first-order valence-electron chi connectivity index (χ1n) is 4.57. The van der Waals surface area contributed by atoms with Crippen molar-refractivity contribution in [3.8, 4) is 5.75 Å². The van der Waals surface area contributed by atoms with E-state index in [2.05, 4.69) is 0 Å². The summed E-state index contributed by atoms with van der Waals surface area (Å²) in [6.07, 6.45) is -2.51. The molecule has 0 saturated carbocycles. The Bertz CT molecular complexity index is 453. The third kappa shape index (κ3) is 1.67. The number of hydrogen-bond donors (Lipinski definition) is 0. The Morgan fingerprint density at radius 3 is 2.62 bits per heavy atom. The lowest BCUT2D eigenvalue weighted by Gasteiger charge is -2.31. The summed E-state index contributed by atoms with van der Waals surface area (Å²) in [5, 5.41) is -2.76. The van der Waals surface area contributed by atoms with Crippen LogP contribution in [0.5, 0.6) is 5.75 Å². The van der Waals surface area contributed by atoms with Gasteiger partial charge < -0.3 is 4.74 Å². The van der Waals surface area contributed by atoms with Gasteiger partial charge >= 0.3 is 6.18 Å². The van der Waals surface area contributed by atoms with E-state index in [1.165, 1.54) is 6.08 Å². The van der Waals surface area contributed by atoms with Crippen molar-refractivity contribution in [2.24, 2.45) is 0 Å². The van der Waals surface area contributed by atoms with Crippen LogP contribution in [-0.2, 0) is 0 Å². The maximum Gasteiger partial charge on any atom is 0.447 e. The summed E-state index contributed by atoms with van der Waals surface area (Å²) < 4.78 is 42.8. The van der Waals surface area contributed by atoms with Crippen molar-refractivity contribution in [3.63, 3.8) is 0 Å². The van der Waals surface area contributed by atoms with Crippen LogP contribution in [0.1, 0.15) is 11.1 Å². The highest BCUT2D eigenvalue weighted by Crippen LogP contribution is 2.44. The second-order valence-corrected chi connectivity index (χ2v) is 4.13. The molecule has 1 atom stereocenters. The molecule has 1 aliphatic rings. The number of rotatable bonds is 0. The molecule has 86 valence electrons. The minimum absolute atomic E-state index is 0.178. The molecule has 5 heteroatoms. The van der Waals surface area contributed by atoms with Gasteiger partial charge in [-0.15, -0.1) is 0 Å². The summed E-state index contributed by atoms with van der Waals surface area (Å²) in [4.78, 5) is 0. The van der Waals surface area contributed by atoms with Crippen LogP contribution in [0.2, 0.25) is 0 Å². The Labute approximate surface area is 95.5 Å². The number of hydrogen-bond acceptors (Lipinski definition) is 1. The van der Waals surface area contributed by atoms with E-state index in [4.69, 9.17) is 16.3 Å². The van der Waals surface area contributed by atoms with Gasteiger partial charge in [0.1, 0.15) is 5.75 Å². The predicted molar refractivity (Wildman–Crippen MR) is 55.5 cm³/mol. The van der Waals surface area contributed by atoms with E-state index in [0.29, 0.717) is 11.1 Å². The van der Waals surface area contributed by atoms with Crippen LogP contribution >= 0.6 is 11.6 Å². The molecule has 0 N–H and O–H groups in total. The summed E-state index contributed by atoms with van der Waals surface area (Å²) in [5.74, 6) is 0.178. The molecule has 1 unspecified atom stereocenters. The molecule has 1 aliphatic heterocycles. The first-order valence-corrected chi connectivity index (χ1v) is 4.95. The summed E-state index contributed by atoms with van der Waals surface area (Å²) in [6, 6.07) is 5.09. The van der Waals surface area contributed by atoms with Crippen LogP contribution in [0.25, 0.3) is 6.08 Å².